The monoisotopic (exact) mass is 154 g/mol. The van der Waals surface area contributed by atoms with Crippen LogP contribution in [0.4, 0.5) is 0 Å². The maximum Gasteiger partial charge on any atom is 0.0332 e. The van der Waals surface area contributed by atoms with Crippen LogP contribution >= 0.6 is 0 Å². The van der Waals surface area contributed by atoms with E-state index in [1.807, 2.05) is 0 Å². The van der Waals surface area contributed by atoms with E-state index in [-0.39, 0.29) is 0 Å². The zero-order valence-electron chi connectivity index (χ0n) is 7.62. The van der Waals surface area contributed by atoms with Crippen LogP contribution in [0.5, 0.6) is 0 Å². The highest BCUT2D eigenvalue weighted by molar-refractivity contribution is 6.22. The van der Waals surface area contributed by atoms with Gasteiger partial charge in [-0.15, -0.1) is 0 Å². The second-order valence-corrected chi connectivity index (χ2v) is 5.35. The minimum Gasteiger partial charge on any atom is -0.0923 e. The molecule has 0 aromatic heterocycles. The van der Waals surface area contributed by atoms with Crippen molar-refractivity contribution in [3.63, 3.8) is 0 Å². The molecular weight excluding hydrogens is 136 g/mol. The van der Waals surface area contributed by atoms with Crippen LogP contribution in [-0.2, 0) is 0 Å². The minimum absolute atomic E-state index is 0.523. The summed E-state index contributed by atoms with van der Waals surface area (Å²) in [6.07, 6.45) is 4.20. The molecule has 0 N–H and O–H groups in total. The molecule has 0 atom stereocenters. The average molecular weight is 154 g/mol. The summed E-state index contributed by atoms with van der Waals surface area (Å²) in [6.45, 7) is 7.07. The van der Waals surface area contributed by atoms with Gasteiger partial charge in [0.25, 0.3) is 0 Å². The number of allylic oxidation sites excluding steroid dienone is 2. The van der Waals surface area contributed by atoms with Crippen LogP contribution in [0.1, 0.15) is 40.0 Å². The second-order valence-electron chi connectivity index (χ2n) is 4.14. The summed E-state index contributed by atoms with van der Waals surface area (Å²) in [4.78, 5) is 0. The van der Waals surface area contributed by atoms with Crippen molar-refractivity contribution in [2.45, 2.75) is 40.0 Å². The van der Waals surface area contributed by atoms with Gasteiger partial charge in [0.2, 0.25) is 0 Å². The molecule has 0 bridgehead atoms. The predicted octanol–water partition coefficient (Wildman–Crippen LogP) is 1.84. The first kappa shape index (κ1) is 8.06. The van der Waals surface area contributed by atoms with Gasteiger partial charge < -0.3 is 0 Å². The SMILES string of the molecule is CC1=C([SiH3])CCCC1(C)C. The molecule has 0 heterocycles. The van der Waals surface area contributed by atoms with Gasteiger partial charge in [-0.05, 0) is 31.6 Å². The molecule has 0 fully saturated rings. The van der Waals surface area contributed by atoms with E-state index in [4.69, 9.17) is 0 Å². The highest BCUT2D eigenvalue weighted by Gasteiger charge is 2.24. The molecule has 1 aliphatic rings. The Kier molecular flexibility index (Phi) is 2.04. The Morgan fingerprint density at radius 2 is 2.00 bits per heavy atom. The Morgan fingerprint density at radius 1 is 1.40 bits per heavy atom. The lowest BCUT2D eigenvalue weighted by molar-refractivity contribution is 0.373. The summed E-state index contributed by atoms with van der Waals surface area (Å²) in [5, 5.41) is 1.76. The maximum atomic E-state index is 2.37. The summed E-state index contributed by atoms with van der Waals surface area (Å²) in [5.41, 5.74) is 2.21. The van der Waals surface area contributed by atoms with E-state index in [9.17, 15) is 0 Å². The molecule has 0 amide bonds. The van der Waals surface area contributed by atoms with Gasteiger partial charge in [0.15, 0.2) is 0 Å². The van der Waals surface area contributed by atoms with Crippen molar-refractivity contribution < 1.29 is 0 Å². The van der Waals surface area contributed by atoms with Gasteiger partial charge in [-0.1, -0.05) is 24.6 Å². The predicted molar refractivity (Wildman–Crippen MR) is 50.3 cm³/mol. The van der Waals surface area contributed by atoms with Gasteiger partial charge >= 0.3 is 0 Å². The van der Waals surface area contributed by atoms with Crippen LogP contribution in [-0.4, -0.2) is 10.2 Å². The summed E-state index contributed by atoms with van der Waals surface area (Å²) in [5.74, 6) is 0. The molecule has 0 radical (unpaired) electrons. The average Bonchev–Trinajstić information content (AvgIpc) is 1.83. The lowest BCUT2D eigenvalue weighted by Crippen LogP contribution is -2.19. The first-order valence-electron chi connectivity index (χ1n) is 4.21. The summed E-state index contributed by atoms with van der Waals surface area (Å²) < 4.78 is 0. The fourth-order valence-corrected chi connectivity index (χ4v) is 2.78. The van der Waals surface area contributed by atoms with Crippen molar-refractivity contribution in [2.75, 3.05) is 0 Å². The van der Waals surface area contributed by atoms with E-state index in [0.29, 0.717) is 5.41 Å². The third-order valence-corrected chi connectivity index (χ3v) is 4.26. The third-order valence-electron chi connectivity index (χ3n) is 3.01. The normalized spacial score (nSPS) is 25.5. The molecule has 0 aromatic carbocycles. The quantitative estimate of drug-likeness (QED) is 0.467. The largest absolute Gasteiger partial charge is 0.0923 e. The van der Waals surface area contributed by atoms with E-state index in [1.165, 1.54) is 29.5 Å². The van der Waals surface area contributed by atoms with Crippen molar-refractivity contribution in [1.82, 2.24) is 0 Å². The maximum absolute atomic E-state index is 2.37. The van der Waals surface area contributed by atoms with Crippen molar-refractivity contribution in [2.24, 2.45) is 5.41 Å². The van der Waals surface area contributed by atoms with Crippen molar-refractivity contribution in [1.29, 1.82) is 0 Å². The molecule has 0 aliphatic heterocycles. The fourth-order valence-electron chi connectivity index (χ4n) is 1.75. The Balaban J connectivity index is 2.89. The van der Waals surface area contributed by atoms with E-state index in [2.05, 4.69) is 20.8 Å². The molecule has 0 aromatic rings. The molecule has 0 saturated heterocycles. The van der Waals surface area contributed by atoms with E-state index < -0.39 is 0 Å². The first-order valence-corrected chi connectivity index (χ1v) is 5.21. The standard InChI is InChI=1S/C9H18Si/c1-7-8(10)5-4-6-9(7,2)3/h4-6H2,1-3,10H3. The smallest absolute Gasteiger partial charge is 0.0332 e. The number of hydrogen-bond donors (Lipinski definition) is 0. The number of hydrogen-bond acceptors (Lipinski definition) is 0. The van der Waals surface area contributed by atoms with Crippen molar-refractivity contribution in [3.05, 3.63) is 10.8 Å². The molecule has 0 unspecified atom stereocenters. The Morgan fingerprint density at radius 3 is 2.40 bits per heavy atom. The van der Waals surface area contributed by atoms with Gasteiger partial charge in [0.1, 0.15) is 0 Å². The van der Waals surface area contributed by atoms with Crippen LogP contribution < -0.4 is 0 Å². The number of rotatable bonds is 0. The Hall–Kier alpha value is -0.0431. The summed E-state index contributed by atoms with van der Waals surface area (Å²) in [7, 11) is 1.29. The Bertz CT molecular complexity index is 166. The van der Waals surface area contributed by atoms with Gasteiger partial charge in [-0.2, -0.15) is 0 Å². The first-order chi connectivity index (χ1) is 4.54. The van der Waals surface area contributed by atoms with Crippen LogP contribution in [0.15, 0.2) is 10.8 Å². The van der Waals surface area contributed by atoms with Crippen molar-refractivity contribution >= 4 is 10.2 Å². The molecule has 1 rings (SSSR count). The van der Waals surface area contributed by atoms with Gasteiger partial charge in [0, 0.05) is 10.2 Å². The van der Waals surface area contributed by atoms with Crippen LogP contribution in [0, 0.1) is 5.41 Å². The van der Waals surface area contributed by atoms with E-state index in [1.54, 1.807) is 10.8 Å². The zero-order valence-corrected chi connectivity index (χ0v) is 9.62. The highest BCUT2D eigenvalue weighted by Crippen LogP contribution is 2.38. The lowest BCUT2D eigenvalue weighted by atomic mass is 9.76. The molecule has 0 saturated carbocycles. The molecule has 10 heavy (non-hydrogen) atoms. The molecule has 58 valence electrons. The Labute approximate surface area is 67.1 Å². The molecule has 1 heteroatoms. The highest BCUT2D eigenvalue weighted by atomic mass is 28.1. The molecule has 0 nitrogen and oxygen atoms in total. The van der Waals surface area contributed by atoms with Gasteiger partial charge in [-0.3, -0.25) is 0 Å². The second kappa shape index (κ2) is 2.53. The summed E-state index contributed by atoms with van der Waals surface area (Å²) in [6, 6.07) is 0. The van der Waals surface area contributed by atoms with Crippen LogP contribution in [0.25, 0.3) is 0 Å². The summed E-state index contributed by atoms with van der Waals surface area (Å²) >= 11 is 0. The van der Waals surface area contributed by atoms with Crippen LogP contribution in [0.3, 0.4) is 0 Å². The van der Waals surface area contributed by atoms with E-state index in [0.717, 1.165) is 0 Å². The molecular formula is C9H18Si. The minimum atomic E-state index is 0.523. The fraction of sp³-hybridized carbons (Fsp3) is 0.778. The molecule has 1 aliphatic carbocycles. The van der Waals surface area contributed by atoms with Gasteiger partial charge in [-0.25, -0.2) is 0 Å². The third kappa shape index (κ3) is 1.34. The van der Waals surface area contributed by atoms with E-state index >= 15 is 0 Å². The van der Waals surface area contributed by atoms with Gasteiger partial charge in [0.05, 0.1) is 0 Å². The van der Waals surface area contributed by atoms with Crippen LogP contribution in [0.2, 0.25) is 0 Å². The van der Waals surface area contributed by atoms with Crippen molar-refractivity contribution in [3.8, 4) is 0 Å². The molecule has 0 spiro atoms. The zero-order chi connectivity index (χ0) is 7.78. The lowest BCUT2D eigenvalue weighted by Gasteiger charge is -2.32. The topological polar surface area (TPSA) is 0 Å².